The van der Waals surface area contributed by atoms with Gasteiger partial charge in [-0.05, 0) is 19.8 Å². The lowest BCUT2D eigenvalue weighted by molar-refractivity contribution is -0.137. The van der Waals surface area contributed by atoms with Crippen LogP contribution in [0.3, 0.4) is 0 Å². The highest BCUT2D eigenvalue weighted by Crippen LogP contribution is 2.20. The van der Waals surface area contributed by atoms with Crippen LogP contribution in [0.5, 0.6) is 0 Å². The van der Waals surface area contributed by atoms with Crippen molar-refractivity contribution in [3.8, 4) is 0 Å². The first-order chi connectivity index (χ1) is 8.99. The van der Waals surface area contributed by atoms with E-state index in [2.05, 4.69) is 6.58 Å². The molecule has 0 aromatic rings. The van der Waals surface area contributed by atoms with Crippen LogP contribution < -0.4 is 0 Å². The number of hydrogen-bond acceptors (Lipinski definition) is 3. The molecule has 108 valence electrons. The van der Waals surface area contributed by atoms with Crippen molar-refractivity contribution in [3.63, 3.8) is 0 Å². The fourth-order valence-corrected chi connectivity index (χ4v) is 2.34. The van der Waals surface area contributed by atoms with E-state index in [1.54, 1.807) is 12.0 Å². The summed E-state index contributed by atoms with van der Waals surface area (Å²) >= 11 is 0. The molecule has 0 bridgehead atoms. The number of amides is 2. The van der Waals surface area contributed by atoms with Crippen molar-refractivity contribution in [1.29, 1.82) is 0 Å². The molecule has 1 aliphatic rings. The highest BCUT2D eigenvalue weighted by Gasteiger charge is 2.31. The number of carbonyl (C=O) groups is 2. The quantitative estimate of drug-likeness (QED) is 0.762. The fraction of sp³-hybridized carbons (Fsp3) is 0.692. The molecule has 0 saturated carbocycles. The molecule has 19 heavy (non-hydrogen) atoms. The largest absolute Gasteiger partial charge is 0.480 e. The number of carbonyl (C=O) groups excluding carboxylic acids is 1. The van der Waals surface area contributed by atoms with E-state index >= 15 is 0 Å². The van der Waals surface area contributed by atoms with Crippen molar-refractivity contribution in [3.05, 3.63) is 12.7 Å². The van der Waals surface area contributed by atoms with E-state index in [1.807, 2.05) is 6.92 Å². The van der Waals surface area contributed by atoms with E-state index in [9.17, 15) is 9.59 Å². The van der Waals surface area contributed by atoms with Gasteiger partial charge in [-0.1, -0.05) is 6.08 Å². The van der Waals surface area contributed by atoms with Crippen LogP contribution in [0.2, 0.25) is 0 Å². The number of nitrogens with zero attached hydrogens (tertiary/aromatic N) is 2. The molecule has 1 N–H and O–H groups in total. The molecule has 1 fully saturated rings. The molecule has 6 nitrogen and oxygen atoms in total. The van der Waals surface area contributed by atoms with E-state index in [-0.39, 0.29) is 31.3 Å². The Labute approximate surface area is 113 Å². The molecule has 0 spiro atoms. The second kappa shape index (κ2) is 7.13. The SMILES string of the molecule is C=CCN(CC(=O)O)C(=O)N1CCC(OC)CC1C. The zero-order chi connectivity index (χ0) is 14.4. The molecular weight excluding hydrogens is 248 g/mol. The third-order valence-corrected chi connectivity index (χ3v) is 3.35. The number of rotatable bonds is 5. The number of methoxy groups -OCH3 is 1. The highest BCUT2D eigenvalue weighted by atomic mass is 16.5. The average molecular weight is 270 g/mol. The van der Waals surface area contributed by atoms with Crippen molar-refractivity contribution in [2.75, 3.05) is 26.7 Å². The van der Waals surface area contributed by atoms with Crippen molar-refractivity contribution in [1.82, 2.24) is 9.80 Å². The highest BCUT2D eigenvalue weighted by molar-refractivity contribution is 5.80. The summed E-state index contributed by atoms with van der Waals surface area (Å²) in [5, 5.41) is 8.84. The molecule has 0 aromatic carbocycles. The van der Waals surface area contributed by atoms with Gasteiger partial charge in [-0.25, -0.2) is 4.79 Å². The fourth-order valence-electron chi connectivity index (χ4n) is 2.34. The van der Waals surface area contributed by atoms with Gasteiger partial charge >= 0.3 is 12.0 Å². The van der Waals surface area contributed by atoms with Crippen LogP contribution in [0.4, 0.5) is 4.79 Å². The summed E-state index contributed by atoms with van der Waals surface area (Å²) in [6.45, 7) is 6.03. The van der Waals surface area contributed by atoms with Gasteiger partial charge in [0.05, 0.1) is 6.10 Å². The van der Waals surface area contributed by atoms with Gasteiger partial charge in [0, 0.05) is 26.2 Å². The maximum absolute atomic E-state index is 12.3. The Morgan fingerprint density at radius 1 is 1.58 bits per heavy atom. The monoisotopic (exact) mass is 270 g/mol. The van der Waals surface area contributed by atoms with Gasteiger partial charge in [-0.15, -0.1) is 6.58 Å². The number of hydrogen-bond donors (Lipinski definition) is 1. The molecule has 0 aromatic heterocycles. The minimum atomic E-state index is -1.02. The van der Waals surface area contributed by atoms with Gasteiger partial charge in [0.2, 0.25) is 0 Å². The standard InChI is InChI=1S/C13H22N2O4/c1-4-6-14(9-12(16)17)13(18)15-7-5-11(19-3)8-10(15)2/h4,10-11H,1,5-9H2,2-3H3,(H,16,17). The summed E-state index contributed by atoms with van der Waals surface area (Å²) in [5.41, 5.74) is 0. The summed E-state index contributed by atoms with van der Waals surface area (Å²) in [7, 11) is 1.67. The van der Waals surface area contributed by atoms with Crippen molar-refractivity contribution >= 4 is 12.0 Å². The molecule has 6 heteroatoms. The number of ether oxygens (including phenoxy) is 1. The van der Waals surface area contributed by atoms with Gasteiger partial charge in [0.25, 0.3) is 0 Å². The summed E-state index contributed by atoms with van der Waals surface area (Å²) in [5.74, 6) is -1.02. The number of piperidine rings is 1. The van der Waals surface area contributed by atoms with E-state index in [0.717, 1.165) is 12.8 Å². The normalized spacial score (nSPS) is 22.9. The van der Waals surface area contributed by atoms with Crippen LogP contribution in [0.15, 0.2) is 12.7 Å². The lowest BCUT2D eigenvalue weighted by Gasteiger charge is -2.39. The van der Waals surface area contributed by atoms with Crippen molar-refractivity contribution < 1.29 is 19.4 Å². The predicted octanol–water partition coefficient (Wildman–Crippen LogP) is 1.18. The molecule has 2 atom stereocenters. The number of carboxylic acid groups (broad SMARTS) is 1. The first-order valence-electron chi connectivity index (χ1n) is 6.40. The third-order valence-electron chi connectivity index (χ3n) is 3.35. The summed E-state index contributed by atoms with van der Waals surface area (Å²) in [4.78, 5) is 26.1. The van der Waals surface area contributed by atoms with Gasteiger partial charge in [-0.2, -0.15) is 0 Å². The number of aliphatic carboxylic acids is 1. The maximum atomic E-state index is 12.3. The van der Waals surface area contributed by atoms with Gasteiger partial charge in [-0.3, -0.25) is 4.79 Å². The Kier molecular flexibility index (Phi) is 5.82. The second-order valence-corrected chi connectivity index (χ2v) is 4.77. The Balaban J connectivity index is 2.68. The molecule has 1 heterocycles. The first-order valence-corrected chi connectivity index (χ1v) is 6.40. The van der Waals surface area contributed by atoms with E-state index < -0.39 is 5.97 Å². The van der Waals surface area contributed by atoms with E-state index in [1.165, 1.54) is 11.0 Å². The molecular formula is C13H22N2O4. The van der Waals surface area contributed by atoms with E-state index in [4.69, 9.17) is 9.84 Å². The molecule has 2 unspecified atom stereocenters. The van der Waals surface area contributed by atoms with E-state index in [0.29, 0.717) is 6.54 Å². The van der Waals surface area contributed by atoms with Crippen LogP contribution in [0, 0.1) is 0 Å². The first kappa shape index (κ1) is 15.5. The van der Waals surface area contributed by atoms with Crippen LogP contribution >= 0.6 is 0 Å². The maximum Gasteiger partial charge on any atom is 0.323 e. The Bertz CT molecular complexity index is 346. The smallest absolute Gasteiger partial charge is 0.323 e. The Hall–Kier alpha value is -1.56. The Morgan fingerprint density at radius 2 is 2.26 bits per heavy atom. The number of urea groups is 1. The lowest BCUT2D eigenvalue weighted by atomic mass is 10.0. The van der Waals surface area contributed by atoms with Crippen LogP contribution in [-0.2, 0) is 9.53 Å². The molecule has 0 radical (unpaired) electrons. The second-order valence-electron chi connectivity index (χ2n) is 4.77. The number of carboxylic acids is 1. The third kappa shape index (κ3) is 4.24. The van der Waals surface area contributed by atoms with Gasteiger partial charge in [0.15, 0.2) is 0 Å². The topological polar surface area (TPSA) is 70.1 Å². The van der Waals surface area contributed by atoms with Gasteiger partial charge in [0.1, 0.15) is 6.54 Å². The van der Waals surface area contributed by atoms with Gasteiger partial charge < -0.3 is 19.6 Å². The van der Waals surface area contributed by atoms with Crippen molar-refractivity contribution in [2.45, 2.75) is 31.9 Å². The Morgan fingerprint density at radius 3 is 2.74 bits per heavy atom. The minimum absolute atomic E-state index is 0.0484. The molecule has 2 amide bonds. The average Bonchev–Trinajstić information content (AvgIpc) is 2.36. The zero-order valence-electron chi connectivity index (χ0n) is 11.5. The zero-order valence-corrected chi connectivity index (χ0v) is 11.5. The summed E-state index contributed by atoms with van der Waals surface area (Å²) in [6, 6.07) is -0.198. The van der Waals surface area contributed by atoms with Crippen molar-refractivity contribution in [2.24, 2.45) is 0 Å². The van der Waals surface area contributed by atoms with Crippen LogP contribution in [0.25, 0.3) is 0 Å². The summed E-state index contributed by atoms with van der Waals surface area (Å²) < 4.78 is 5.30. The summed E-state index contributed by atoms with van der Waals surface area (Å²) in [6.07, 6.45) is 3.26. The molecule has 1 saturated heterocycles. The molecule has 1 rings (SSSR count). The predicted molar refractivity (Wildman–Crippen MR) is 71.0 cm³/mol. The lowest BCUT2D eigenvalue weighted by Crippen LogP contribution is -2.52. The minimum Gasteiger partial charge on any atom is -0.480 e. The van der Waals surface area contributed by atoms with Crippen LogP contribution in [-0.4, -0.2) is 65.8 Å². The molecule has 1 aliphatic heterocycles. The molecule has 0 aliphatic carbocycles. The number of likely N-dealkylation sites (tertiary alicyclic amines) is 1. The van der Waals surface area contributed by atoms with Crippen LogP contribution in [0.1, 0.15) is 19.8 Å².